The number of aryl methyl sites for hydroxylation is 1. The van der Waals surface area contributed by atoms with Crippen LogP contribution in [0.25, 0.3) is 0 Å². The average Bonchev–Trinajstić information content (AvgIpc) is 2.47. The van der Waals surface area contributed by atoms with Gasteiger partial charge in [-0.1, -0.05) is 0 Å². The third-order valence-corrected chi connectivity index (χ3v) is 3.29. The minimum Gasteiger partial charge on any atom is -0.351 e. The maximum absolute atomic E-state index is 11.8. The summed E-state index contributed by atoms with van der Waals surface area (Å²) in [5.41, 5.74) is 3.02. The van der Waals surface area contributed by atoms with Crippen molar-refractivity contribution in [2.24, 2.45) is 0 Å². The fraction of sp³-hybridized carbons (Fsp3) is 0.636. The monoisotopic (exact) mass is 220 g/mol. The third-order valence-electron chi connectivity index (χ3n) is 3.29. The summed E-state index contributed by atoms with van der Waals surface area (Å²) in [6.07, 6.45) is 3.05. The van der Waals surface area contributed by atoms with E-state index in [0.29, 0.717) is 5.69 Å². The molecule has 3 rings (SSSR count). The van der Waals surface area contributed by atoms with E-state index in [0.717, 1.165) is 51.0 Å². The van der Waals surface area contributed by atoms with Crippen molar-refractivity contribution in [3.05, 3.63) is 17.0 Å². The molecule has 86 valence electrons. The van der Waals surface area contributed by atoms with E-state index in [1.54, 1.807) is 0 Å². The van der Waals surface area contributed by atoms with Crippen molar-refractivity contribution in [3.63, 3.8) is 0 Å². The normalized spacial score (nSPS) is 20.4. The summed E-state index contributed by atoms with van der Waals surface area (Å²) < 4.78 is 2.01. The first-order chi connectivity index (χ1) is 7.86. The summed E-state index contributed by atoms with van der Waals surface area (Å²) in [7, 11) is 0. The minimum absolute atomic E-state index is 0.00641. The van der Waals surface area contributed by atoms with Gasteiger partial charge in [-0.15, -0.1) is 0 Å². The predicted molar refractivity (Wildman–Crippen MR) is 59.2 cm³/mol. The summed E-state index contributed by atoms with van der Waals surface area (Å²) in [5.74, 6) is -0.00641. The lowest BCUT2D eigenvalue weighted by Crippen LogP contribution is -2.23. The van der Waals surface area contributed by atoms with E-state index >= 15 is 0 Å². The Labute approximate surface area is 94.2 Å². The number of amides is 1. The van der Waals surface area contributed by atoms with Gasteiger partial charge in [-0.3, -0.25) is 9.48 Å². The molecule has 0 aliphatic carbocycles. The molecule has 0 bridgehead atoms. The van der Waals surface area contributed by atoms with Crippen LogP contribution in [0, 0.1) is 0 Å². The van der Waals surface area contributed by atoms with Crippen LogP contribution in [0.1, 0.15) is 34.6 Å². The zero-order chi connectivity index (χ0) is 11.0. The van der Waals surface area contributed by atoms with Gasteiger partial charge in [0.15, 0.2) is 5.69 Å². The van der Waals surface area contributed by atoms with Gasteiger partial charge in [0.1, 0.15) is 0 Å². The minimum atomic E-state index is -0.00641. The van der Waals surface area contributed by atoms with Gasteiger partial charge in [-0.05, 0) is 25.8 Å². The third kappa shape index (κ3) is 1.51. The molecule has 5 heteroatoms. The molecule has 1 amide bonds. The van der Waals surface area contributed by atoms with Gasteiger partial charge >= 0.3 is 0 Å². The summed E-state index contributed by atoms with van der Waals surface area (Å²) in [4.78, 5) is 11.8. The molecular weight excluding hydrogens is 204 g/mol. The maximum atomic E-state index is 11.8. The van der Waals surface area contributed by atoms with Gasteiger partial charge < -0.3 is 10.6 Å². The highest BCUT2D eigenvalue weighted by Crippen LogP contribution is 2.20. The molecule has 2 N–H and O–H groups in total. The highest BCUT2D eigenvalue weighted by atomic mass is 16.2. The van der Waals surface area contributed by atoms with Gasteiger partial charge in [-0.25, -0.2) is 0 Å². The molecule has 0 saturated carbocycles. The Bertz CT molecular complexity index is 424. The summed E-state index contributed by atoms with van der Waals surface area (Å²) in [6, 6.07) is 0. The van der Waals surface area contributed by atoms with Crippen molar-refractivity contribution < 1.29 is 4.79 Å². The first kappa shape index (κ1) is 9.84. The van der Waals surface area contributed by atoms with Crippen LogP contribution < -0.4 is 10.6 Å². The van der Waals surface area contributed by atoms with Crippen LogP contribution in [0.3, 0.4) is 0 Å². The zero-order valence-electron chi connectivity index (χ0n) is 9.25. The molecule has 2 aliphatic heterocycles. The Hall–Kier alpha value is -1.36. The fourth-order valence-corrected chi connectivity index (χ4v) is 2.47. The lowest BCUT2D eigenvalue weighted by atomic mass is 10.1. The standard InChI is InChI=1S/C11H16N4O/c16-11-10-8(3-1-5-13-11)9-7-12-4-2-6-15(9)14-10/h12H,1-7H2,(H,13,16). The van der Waals surface area contributed by atoms with Gasteiger partial charge in [-0.2, -0.15) is 5.10 Å². The summed E-state index contributed by atoms with van der Waals surface area (Å²) >= 11 is 0. The van der Waals surface area contributed by atoms with Gasteiger partial charge in [0.25, 0.3) is 5.91 Å². The SMILES string of the molecule is O=C1NCCCc2c1nn1c2CNCCC1. The molecule has 16 heavy (non-hydrogen) atoms. The Morgan fingerprint density at radius 1 is 1.25 bits per heavy atom. The van der Waals surface area contributed by atoms with Crippen LogP contribution in [0.2, 0.25) is 0 Å². The molecule has 3 heterocycles. The van der Waals surface area contributed by atoms with Crippen LogP contribution in [0.5, 0.6) is 0 Å². The van der Waals surface area contributed by atoms with Crippen molar-refractivity contribution in [1.82, 2.24) is 20.4 Å². The second kappa shape index (κ2) is 3.90. The Kier molecular flexibility index (Phi) is 2.40. The molecule has 0 atom stereocenters. The lowest BCUT2D eigenvalue weighted by Gasteiger charge is -2.04. The highest BCUT2D eigenvalue weighted by molar-refractivity contribution is 5.94. The number of nitrogens with one attached hydrogen (secondary N) is 2. The number of nitrogens with zero attached hydrogens (tertiary/aromatic N) is 2. The average molecular weight is 220 g/mol. The number of aromatic nitrogens is 2. The molecule has 0 fully saturated rings. The van der Waals surface area contributed by atoms with Crippen LogP contribution in [-0.4, -0.2) is 28.8 Å². The summed E-state index contributed by atoms with van der Waals surface area (Å²) in [6.45, 7) is 3.56. The number of carbonyl (C=O) groups excluding carboxylic acids is 1. The number of carbonyl (C=O) groups is 1. The Balaban J connectivity index is 2.07. The van der Waals surface area contributed by atoms with Crippen LogP contribution >= 0.6 is 0 Å². The first-order valence-corrected chi connectivity index (χ1v) is 5.94. The van der Waals surface area contributed by atoms with Crippen molar-refractivity contribution in [1.29, 1.82) is 0 Å². The Morgan fingerprint density at radius 2 is 2.19 bits per heavy atom. The molecule has 5 nitrogen and oxygen atoms in total. The second-order valence-electron chi connectivity index (χ2n) is 4.39. The molecule has 0 aromatic carbocycles. The molecule has 2 aliphatic rings. The van der Waals surface area contributed by atoms with Crippen molar-refractivity contribution in [2.75, 3.05) is 13.1 Å². The Morgan fingerprint density at radius 3 is 3.12 bits per heavy atom. The fourth-order valence-electron chi connectivity index (χ4n) is 2.47. The number of fused-ring (bicyclic) bond motifs is 3. The molecule has 0 spiro atoms. The molecule has 0 saturated heterocycles. The first-order valence-electron chi connectivity index (χ1n) is 5.94. The largest absolute Gasteiger partial charge is 0.351 e. The van der Waals surface area contributed by atoms with E-state index in [2.05, 4.69) is 15.7 Å². The van der Waals surface area contributed by atoms with Crippen molar-refractivity contribution >= 4 is 5.91 Å². The van der Waals surface area contributed by atoms with E-state index in [-0.39, 0.29) is 5.91 Å². The van der Waals surface area contributed by atoms with E-state index in [4.69, 9.17) is 0 Å². The molecule has 1 aromatic rings. The van der Waals surface area contributed by atoms with Gasteiger partial charge in [0.2, 0.25) is 0 Å². The second-order valence-corrected chi connectivity index (χ2v) is 4.39. The van der Waals surface area contributed by atoms with Gasteiger partial charge in [0.05, 0.1) is 5.69 Å². The quantitative estimate of drug-likeness (QED) is 0.649. The van der Waals surface area contributed by atoms with Gasteiger partial charge in [0, 0.05) is 25.2 Å². The predicted octanol–water partition coefficient (Wildman–Crippen LogP) is 0.0524. The van der Waals surface area contributed by atoms with E-state index in [9.17, 15) is 4.79 Å². The van der Waals surface area contributed by atoms with Crippen LogP contribution in [-0.2, 0) is 19.5 Å². The smallest absolute Gasteiger partial charge is 0.272 e. The highest BCUT2D eigenvalue weighted by Gasteiger charge is 2.24. The maximum Gasteiger partial charge on any atom is 0.272 e. The number of rotatable bonds is 0. The molecule has 0 unspecified atom stereocenters. The van der Waals surface area contributed by atoms with E-state index < -0.39 is 0 Å². The lowest BCUT2D eigenvalue weighted by molar-refractivity contribution is 0.0950. The number of hydrogen-bond donors (Lipinski definition) is 2. The zero-order valence-corrected chi connectivity index (χ0v) is 9.25. The van der Waals surface area contributed by atoms with E-state index in [1.165, 1.54) is 5.69 Å². The van der Waals surface area contributed by atoms with Crippen molar-refractivity contribution in [2.45, 2.75) is 32.4 Å². The molecule has 0 radical (unpaired) electrons. The van der Waals surface area contributed by atoms with E-state index in [1.807, 2.05) is 4.68 Å². The topological polar surface area (TPSA) is 59.0 Å². The van der Waals surface area contributed by atoms with Crippen LogP contribution in [0.4, 0.5) is 0 Å². The van der Waals surface area contributed by atoms with Crippen molar-refractivity contribution in [3.8, 4) is 0 Å². The molecular formula is C11H16N4O. The molecule has 1 aromatic heterocycles. The van der Waals surface area contributed by atoms with Crippen LogP contribution in [0.15, 0.2) is 0 Å². The summed E-state index contributed by atoms with van der Waals surface area (Å²) in [5, 5.41) is 10.7. The number of hydrogen-bond acceptors (Lipinski definition) is 3.